The van der Waals surface area contributed by atoms with E-state index in [1.54, 1.807) is 17.3 Å². The summed E-state index contributed by atoms with van der Waals surface area (Å²) in [7, 11) is 3.98. The molecule has 36 heavy (non-hydrogen) atoms. The first-order chi connectivity index (χ1) is 17.3. The molecule has 1 aliphatic heterocycles. The summed E-state index contributed by atoms with van der Waals surface area (Å²) in [6.45, 7) is 7.39. The summed E-state index contributed by atoms with van der Waals surface area (Å²) in [6, 6.07) is 8.17. The third-order valence-corrected chi connectivity index (χ3v) is 6.91. The minimum absolute atomic E-state index is 0.0150. The lowest BCUT2D eigenvalue weighted by Crippen LogP contribution is -2.32. The number of aryl methyl sites for hydroxylation is 2. The van der Waals surface area contributed by atoms with Crippen molar-refractivity contribution in [1.29, 1.82) is 0 Å². The monoisotopic (exact) mass is 486 g/mol. The lowest BCUT2D eigenvalue weighted by Gasteiger charge is -2.24. The fourth-order valence-corrected chi connectivity index (χ4v) is 5.21. The largest absolute Gasteiger partial charge is 0.473 e. The van der Waals surface area contributed by atoms with Crippen LogP contribution >= 0.6 is 0 Å². The number of rotatable bonds is 2. The van der Waals surface area contributed by atoms with Crippen LogP contribution in [0.4, 0.5) is 0 Å². The summed E-state index contributed by atoms with van der Waals surface area (Å²) in [5.41, 5.74) is 7.33. The Labute approximate surface area is 208 Å². The molecule has 0 amide bonds. The van der Waals surface area contributed by atoms with Crippen LogP contribution in [0.2, 0.25) is 0 Å². The SMILES string of the molecule is Cc1nn(C)c2c1-c1cc3c(ncn3cn1)-c1ccc3nn([C@@H](C)CO)c(c3c1)CN(C)C[C@H](C)O2. The molecule has 10 heteroatoms. The van der Waals surface area contributed by atoms with Crippen LogP contribution in [-0.4, -0.2) is 70.2 Å². The van der Waals surface area contributed by atoms with Crippen molar-refractivity contribution in [1.82, 2.24) is 38.8 Å². The van der Waals surface area contributed by atoms with Gasteiger partial charge in [0.2, 0.25) is 5.88 Å². The Morgan fingerprint density at radius 3 is 2.75 bits per heavy atom. The fraction of sp³-hybridized carbons (Fsp3) is 0.385. The standard InChI is InChI=1S/C26H30N8O2/c1-15(12-35)34-23-11-31(4)10-16(2)36-26-24(17(3)29-32(26)5)21-9-22-25(28-14-33(22)13-27-21)18-6-7-20(30-34)19(23)8-18/h6-9,13-16,35H,10-12H2,1-5H3/t15-,16-/m0/s1. The Hall–Kier alpha value is -3.76. The van der Waals surface area contributed by atoms with Crippen LogP contribution < -0.4 is 4.74 Å². The average Bonchev–Trinajstić information content (AvgIpc) is 3.51. The number of aliphatic hydroxyl groups is 1. The first-order valence-electron chi connectivity index (χ1n) is 12.2. The van der Waals surface area contributed by atoms with Gasteiger partial charge >= 0.3 is 0 Å². The molecule has 0 fully saturated rings. The van der Waals surface area contributed by atoms with Crippen LogP contribution in [-0.2, 0) is 13.6 Å². The molecule has 0 radical (unpaired) electrons. The first-order valence-corrected chi connectivity index (χ1v) is 12.2. The molecule has 0 spiro atoms. The number of hydrogen-bond donors (Lipinski definition) is 1. The number of aromatic nitrogens is 7. The van der Waals surface area contributed by atoms with Gasteiger partial charge in [-0.2, -0.15) is 10.2 Å². The molecule has 0 aliphatic carbocycles. The molecular weight excluding hydrogens is 456 g/mol. The van der Waals surface area contributed by atoms with Crippen LogP contribution in [0, 0.1) is 6.92 Å². The predicted octanol–water partition coefficient (Wildman–Crippen LogP) is 3.22. The van der Waals surface area contributed by atoms with E-state index in [0.29, 0.717) is 19.0 Å². The van der Waals surface area contributed by atoms with E-state index in [0.717, 1.165) is 50.3 Å². The van der Waals surface area contributed by atoms with E-state index in [1.807, 2.05) is 36.0 Å². The van der Waals surface area contributed by atoms with Crippen molar-refractivity contribution in [2.45, 2.75) is 39.5 Å². The third-order valence-electron chi connectivity index (χ3n) is 6.91. The number of imidazole rings is 1. The van der Waals surface area contributed by atoms with Gasteiger partial charge < -0.3 is 9.84 Å². The molecule has 10 nitrogen and oxygen atoms in total. The van der Waals surface area contributed by atoms with Crippen molar-refractivity contribution < 1.29 is 9.84 Å². The summed E-state index contributed by atoms with van der Waals surface area (Å²) in [6.07, 6.45) is 3.48. The van der Waals surface area contributed by atoms with Gasteiger partial charge in [-0.3, -0.25) is 14.0 Å². The van der Waals surface area contributed by atoms with E-state index in [1.165, 1.54) is 0 Å². The maximum atomic E-state index is 9.92. The van der Waals surface area contributed by atoms with Gasteiger partial charge in [0.05, 0.1) is 52.0 Å². The van der Waals surface area contributed by atoms with Crippen LogP contribution in [0.1, 0.15) is 31.3 Å². The predicted molar refractivity (Wildman–Crippen MR) is 137 cm³/mol. The molecule has 1 N–H and O–H groups in total. The molecule has 0 unspecified atom stereocenters. The lowest BCUT2D eigenvalue weighted by molar-refractivity contribution is 0.145. The number of benzene rings is 1. The molecule has 0 saturated carbocycles. The fourth-order valence-electron chi connectivity index (χ4n) is 5.21. The molecule has 1 aromatic carbocycles. The minimum atomic E-state index is -0.137. The first kappa shape index (κ1) is 22.7. The minimum Gasteiger partial charge on any atom is -0.473 e. The normalized spacial score (nSPS) is 17.3. The van der Waals surface area contributed by atoms with E-state index < -0.39 is 0 Å². The Morgan fingerprint density at radius 1 is 1.14 bits per heavy atom. The molecular formula is C26H30N8O2. The Balaban J connectivity index is 1.62. The zero-order valence-corrected chi connectivity index (χ0v) is 21.2. The summed E-state index contributed by atoms with van der Waals surface area (Å²) in [5.74, 6) is 0.697. The molecule has 2 atom stereocenters. The number of aliphatic hydroxyl groups excluding tert-OH is 1. The maximum absolute atomic E-state index is 9.92. The summed E-state index contributed by atoms with van der Waals surface area (Å²) >= 11 is 0. The summed E-state index contributed by atoms with van der Waals surface area (Å²) in [4.78, 5) is 11.7. The molecule has 6 rings (SSSR count). The van der Waals surface area contributed by atoms with Gasteiger partial charge in [-0.25, -0.2) is 14.6 Å². The van der Waals surface area contributed by atoms with Crippen LogP contribution in [0.25, 0.3) is 38.9 Å². The number of likely N-dealkylation sites (N-methyl/N-ethyl adjacent to an activating group) is 1. The number of hydrogen-bond acceptors (Lipinski definition) is 7. The van der Waals surface area contributed by atoms with Crippen molar-refractivity contribution in [2.75, 3.05) is 20.2 Å². The van der Waals surface area contributed by atoms with Gasteiger partial charge in [0.1, 0.15) is 18.8 Å². The Bertz CT molecular complexity index is 1600. The van der Waals surface area contributed by atoms with E-state index in [9.17, 15) is 5.11 Å². The molecule has 5 aromatic rings. The molecule has 4 aromatic heterocycles. The number of fused-ring (bicyclic) bond motifs is 5. The smallest absolute Gasteiger partial charge is 0.221 e. The lowest BCUT2D eigenvalue weighted by atomic mass is 10.1. The molecule has 0 saturated heterocycles. The van der Waals surface area contributed by atoms with Crippen molar-refractivity contribution in [3.63, 3.8) is 0 Å². The van der Waals surface area contributed by atoms with Crippen LogP contribution in [0.5, 0.6) is 5.88 Å². The van der Waals surface area contributed by atoms with Gasteiger partial charge in [0.25, 0.3) is 0 Å². The van der Waals surface area contributed by atoms with Crippen molar-refractivity contribution in [3.05, 3.63) is 48.3 Å². The molecule has 1 aliphatic rings. The van der Waals surface area contributed by atoms with Crippen LogP contribution in [0.15, 0.2) is 36.9 Å². The summed E-state index contributed by atoms with van der Waals surface area (Å²) < 4.78 is 12.1. The van der Waals surface area contributed by atoms with Crippen molar-refractivity contribution in [2.24, 2.45) is 7.05 Å². The van der Waals surface area contributed by atoms with Gasteiger partial charge in [0.15, 0.2) is 0 Å². The van der Waals surface area contributed by atoms with E-state index in [2.05, 4.69) is 42.2 Å². The Morgan fingerprint density at radius 2 is 1.94 bits per heavy atom. The van der Waals surface area contributed by atoms with Gasteiger partial charge in [-0.1, -0.05) is 6.07 Å². The second-order valence-corrected chi connectivity index (χ2v) is 9.83. The van der Waals surface area contributed by atoms with Gasteiger partial charge in [0, 0.05) is 31.1 Å². The van der Waals surface area contributed by atoms with Gasteiger partial charge in [-0.05, 0) is 46.0 Å². The van der Waals surface area contributed by atoms with E-state index in [4.69, 9.17) is 19.8 Å². The average molecular weight is 487 g/mol. The van der Waals surface area contributed by atoms with E-state index in [-0.39, 0.29) is 18.8 Å². The quantitative estimate of drug-likeness (QED) is 0.409. The topological polar surface area (TPSA) is 98.5 Å². The summed E-state index contributed by atoms with van der Waals surface area (Å²) in [5, 5.41) is 20.5. The zero-order chi connectivity index (χ0) is 25.1. The Kier molecular flexibility index (Phi) is 5.31. The second-order valence-electron chi connectivity index (χ2n) is 9.83. The highest BCUT2D eigenvalue weighted by Crippen LogP contribution is 2.35. The van der Waals surface area contributed by atoms with Gasteiger partial charge in [-0.15, -0.1) is 0 Å². The molecule has 186 valence electrons. The zero-order valence-electron chi connectivity index (χ0n) is 21.2. The maximum Gasteiger partial charge on any atom is 0.221 e. The molecule has 4 bridgehead atoms. The van der Waals surface area contributed by atoms with Crippen molar-refractivity contribution >= 4 is 16.4 Å². The number of nitrogens with zero attached hydrogens (tertiary/aromatic N) is 8. The third kappa shape index (κ3) is 3.56. The highest BCUT2D eigenvalue weighted by Gasteiger charge is 2.24. The van der Waals surface area contributed by atoms with Crippen LogP contribution in [0.3, 0.4) is 0 Å². The highest BCUT2D eigenvalue weighted by atomic mass is 16.5. The van der Waals surface area contributed by atoms with Crippen molar-refractivity contribution in [3.8, 4) is 28.4 Å². The number of ether oxygens (including phenoxy) is 1. The van der Waals surface area contributed by atoms with E-state index >= 15 is 0 Å². The second kappa shape index (κ2) is 8.42. The molecule has 5 heterocycles. The highest BCUT2D eigenvalue weighted by molar-refractivity contribution is 5.90.